The summed E-state index contributed by atoms with van der Waals surface area (Å²) in [5.41, 5.74) is 0.438. The minimum absolute atomic E-state index is 0.373. The smallest absolute Gasteiger partial charge is 0.150 e. The van der Waals surface area contributed by atoms with E-state index in [0.717, 1.165) is 5.01 Å². The lowest BCUT2D eigenvalue weighted by molar-refractivity contribution is 0.585. The highest BCUT2D eigenvalue weighted by molar-refractivity contribution is 7.14. The van der Waals surface area contributed by atoms with Gasteiger partial charge in [-0.3, -0.25) is 0 Å². The van der Waals surface area contributed by atoms with Crippen molar-refractivity contribution in [3.05, 3.63) is 34.0 Å². The Morgan fingerprint density at radius 3 is 2.83 bits per heavy atom. The van der Waals surface area contributed by atoms with E-state index in [2.05, 4.69) is 29.4 Å². The summed E-state index contributed by atoms with van der Waals surface area (Å²) in [5.74, 6) is -0.373. The maximum Gasteiger partial charge on any atom is 0.150 e. The van der Waals surface area contributed by atoms with Crippen LogP contribution in [0.1, 0.15) is 18.9 Å². The lowest BCUT2D eigenvalue weighted by atomic mass is 10.2. The van der Waals surface area contributed by atoms with Gasteiger partial charge in [-0.1, -0.05) is 36.8 Å². The largest absolute Gasteiger partial charge is 0.308 e. The molecular formula is C12H13ClFN3S. The fourth-order valence-electron chi connectivity index (χ4n) is 1.39. The van der Waals surface area contributed by atoms with Gasteiger partial charge in [-0.2, -0.15) is 0 Å². The zero-order chi connectivity index (χ0) is 13.1. The average molecular weight is 286 g/mol. The van der Waals surface area contributed by atoms with Crippen molar-refractivity contribution in [3.8, 4) is 10.6 Å². The van der Waals surface area contributed by atoms with Crippen LogP contribution in [0.5, 0.6) is 0 Å². The Bertz CT molecular complexity index is 542. The predicted molar refractivity (Wildman–Crippen MR) is 72.3 cm³/mol. The van der Waals surface area contributed by atoms with Gasteiger partial charge in [0.1, 0.15) is 10.8 Å². The van der Waals surface area contributed by atoms with E-state index < -0.39 is 0 Å². The van der Waals surface area contributed by atoms with Crippen LogP contribution in [-0.4, -0.2) is 16.2 Å². The van der Waals surface area contributed by atoms with E-state index in [9.17, 15) is 4.39 Å². The van der Waals surface area contributed by atoms with Crippen molar-refractivity contribution < 1.29 is 4.39 Å². The predicted octanol–water partition coefficient (Wildman–Crippen LogP) is 3.50. The fraction of sp³-hybridized carbons (Fsp3) is 0.333. The Hall–Kier alpha value is -1.04. The number of halogens is 2. The van der Waals surface area contributed by atoms with E-state index in [4.69, 9.17) is 11.6 Å². The van der Waals surface area contributed by atoms with E-state index in [-0.39, 0.29) is 5.82 Å². The number of nitrogens with zero attached hydrogens (tertiary/aromatic N) is 2. The van der Waals surface area contributed by atoms with Crippen LogP contribution in [0.25, 0.3) is 10.6 Å². The van der Waals surface area contributed by atoms with Gasteiger partial charge in [-0.05, 0) is 18.2 Å². The van der Waals surface area contributed by atoms with E-state index in [1.807, 2.05) is 0 Å². The maximum atomic E-state index is 13.7. The molecule has 0 bridgehead atoms. The number of aromatic nitrogens is 2. The van der Waals surface area contributed by atoms with Crippen LogP contribution in [0.15, 0.2) is 18.2 Å². The molecular weight excluding hydrogens is 273 g/mol. The molecule has 0 aliphatic carbocycles. The van der Waals surface area contributed by atoms with E-state index in [1.54, 1.807) is 12.1 Å². The highest BCUT2D eigenvalue weighted by Gasteiger charge is 2.11. The molecule has 96 valence electrons. The Kier molecular flexibility index (Phi) is 4.27. The number of hydrogen-bond acceptors (Lipinski definition) is 4. The Labute approximate surface area is 114 Å². The zero-order valence-corrected chi connectivity index (χ0v) is 11.6. The second kappa shape index (κ2) is 5.73. The minimum atomic E-state index is -0.373. The van der Waals surface area contributed by atoms with Crippen LogP contribution in [0.4, 0.5) is 4.39 Å². The summed E-state index contributed by atoms with van der Waals surface area (Å²) in [6, 6.07) is 4.93. The highest BCUT2D eigenvalue weighted by atomic mass is 35.5. The second-order valence-electron chi connectivity index (χ2n) is 4.16. The summed E-state index contributed by atoms with van der Waals surface area (Å²) in [6.45, 7) is 4.76. The Morgan fingerprint density at radius 1 is 1.39 bits per heavy atom. The molecule has 0 aliphatic heterocycles. The molecule has 3 nitrogen and oxygen atoms in total. The standard InChI is InChI=1S/C12H13ClFN3S/c1-7(2)15-6-11-16-17-12(18-11)9-4-3-8(13)5-10(9)14/h3-5,7,15H,6H2,1-2H3. The van der Waals surface area contributed by atoms with E-state index in [1.165, 1.54) is 17.4 Å². The van der Waals surface area contributed by atoms with Crippen molar-refractivity contribution in [1.82, 2.24) is 15.5 Å². The van der Waals surface area contributed by atoms with E-state index >= 15 is 0 Å². The maximum absolute atomic E-state index is 13.7. The fourth-order valence-corrected chi connectivity index (χ4v) is 2.36. The number of benzene rings is 1. The van der Waals surface area contributed by atoms with Gasteiger partial charge in [0.25, 0.3) is 0 Å². The SMILES string of the molecule is CC(C)NCc1nnc(-c2ccc(Cl)cc2F)s1. The Balaban J connectivity index is 2.18. The van der Waals surface area contributed by atoms with Gasteiger partial charge in [0.2, 0.25) is 0 Å². The molecule has 1 N–H and O–H groups in total. The van der Waals surface area contributed by atoms with Gasteiger partial charge in [0, 0.05) is 23.2 Å². The summed E-state index contributed by atoms with van der Waals surface area (Å²) in [6.07, 6.45) is 0. The topological polar surface area (TPSA) is 37.8 Å². The highest BCUT2D eigenvalue weighted by Crippen LogP contribution is 2.27. The van der Waals surface area contributed by atoms with Crippen molar-refractivity contribution in [2.45, 2.75) is 26.4 Å². The van der Waals surface area contributed by atoms with Crippen LogP contribution in [0.3, 0.4) is 0 Å². The number of rotatable bonds is 4. The van der Waals surface area contributed by atoms with Crippen LogP contribution < -0.4 is 5.32 Å². The molecule has 1 heterocycles. The van der Waals surface area contributed by atoms with Crippen molar-refractivity contribution in [3.63, 3.8) is 0 Å². The molecule has 0 saturated carbocycles. The quantitative estimate of drug-likeness (QED) is 0.934. The third-order valence-corrected chi connectivity index (χ3v) is 3.48. The third kappa shape index (κ3) is 3.25. The van der Waals surface area contributed by atoms with Crippen LogP contribution in [-0.2, 0) is 6.54 Å². The van der Waals surface area contributed by atoms with E-state index in [0.29, 0.717) is 28.2 Å². The van der Waals surface area contributed by atoms with Crippen molar-refractivity contribution in [1.29, 1.82) is 0 Å². The second-order valence-corrected chi connectivity index (χ2v) is 5.66. The van der Waals surface area contributed by atoms with Gasteiger partial charge >= 0.3 is 0 Å². The summed E-state index contributed by atoms with van der Waals surface area (Å²) in [4.78, 5) is 0. The summed E-state index contributed by atoms with van der Waals surface area (Å²) < 4.78 is 13.7. The molecule has 0 atom stereocenters. The van der Waals surface area contributed by atoms with Gasteiger partial charge in [-0.15, -0.1) is 10.2 Å². The first-order chi connectivity index (χ1) is 8.56. The summed E-state index contributed by atoms with van der Waals surface area (Å²) >= 11 is 7.09. The molecule has 2 aromatic rings. The molecule has 6 heteroatoms. The molecule has 2 rings (SSSR count). The molecule has 0 saturated heterocycles. The summed E-state index contributed by atoms with van der Waals surface area (Å²) in [5, 5.41) is 13.1. The number of nitrogens with one attached hydrogen (secondary N) is 1. The molecule has 0 fully saturated rings. The lowest BCUT2D eigenvalue weighted by Crippen LogP contribution is -2.21. The van der Waals surface area contributed by atoms with Crippen LogP contribution in [0, 0.1) is 5.82 Å². The molecule has 18 heavy (non-hydrogen) atoms. The normalized spacial score (nSPS) is 11.2. The lowest BCUT2D eigenvalue weighted by Gasteiger charge is -2.03. The van der Waals surface area contributed by atoms with Gasteiger partial charge in [0.05, 0.1) is 0 Å². The average Bonchev–Trinajstić information content (AvgIpc) is 2.75. The van der Waals surface area contributed by atoms with Crippen molar-refractivity contribution in [2.24, 2.45) is 0 Å². The molecule has 0 unspecified atom stereocenters. The minimum Gasteiger partial charge on any atom is -0.308 e. The monoisotopic (exact) mass is 285 g/mol. The summed E-state index contributed by atoms with van der Waals surface area (Å²) in [7, 11) is 0. The molecule has 0 spiro atoms. The number of hydrogen-bond donors (Lipinski definition) is 1. The first kappa shape index (κ1) is 13.4. The third-order valence-electron chi connectivity index (χ3n) is 2.29. The molecule has 1 aromatic carbocycles. The molecule has 0 amide bonds. The van der Waals surface area contributed by atoms with Gasteiger partial charge in [0.15, 0.2) is 5.01 Å². The van der Waals surface area contributed by atoms with Crippen molar-refractivity contribution >= 4 is 22.9 Å². The molecule has 0 radical (unpaired) electrons. The first-order valence-corrected chi connectivity index (χ1v) is 6.77. The van der Waals surface area contributed by atoms with Gasteiger partial charge in [-0.25, -0.2) is 4.39 Å². The molecule has 1 aromatic heterocycles. The van der Waals surface area contributed by atoms with Crippen LogP contribution in [0.2, 0.25) is 5.02 Å². The van der Waals surface area contributed by atoms with Crippen molar-refractivity contribution in [2.75, 3.05) is 0 Å². The van der Waals surface area contributed by atoms with Gasteiger partial charge < -0.3 is 5.32 Å². The first-order valence-electron chi connectivity index (χ1n) is 5.57. The van der Waals surface area contributed by atoms with Crippen LogP contribution >= 0.6 is 22.9 Å². The zero-order valence-electron chi connectivity index (χ0n) is 10.1. The Morgan fingerprint density at radius 2 is 2.17 bits per heavy atom. The molecule has 0 aliphatic rings.